The third-order valence-corrected chi connectivity index (χ3v) is 6.72. The van der Waals surface area contributed by atoms with E-state index >= 15 is 0 Å². The first-order valence-corrected chi connectivity index (χ1v) is 11.2. The maximum absolute atomic E-state index is 12.4. The molecule has 0 spiro atoms. The van der Waals surface area contributed by atoms with E-state index in [1.165, 1.54) is 28.2 Å². The lowest BCUT2D eigenvalue weighted by Gasteiger charge is -2.37. The van der Waals surface area contributed by atoms with Crippen LogP contribution in [-0.2, 0) is 4.79 Å². The Morgan fingerprint density at radius 2 is 1.61 bits per heavy atom. The first-order chi connectivity index (χ1) is 15.2. The molecule has 5 rings (SSSR count). The smallest absolute Gasteiger partial charge is 0.286 e. The Balaban J connectivity index is 1.26. The number of methoxy groups -OCH3 is 1. The maximum Gasteiger partial charge on any atom is 0.286 e. The van der Waals surface area contributed by atoms with Crippen LogP contribution in [0.5, 0.6) is 5.75 Å². The summed E-state index contributed by atoms with van der Waals surface area (Å²) in [5.74, 6) is 0.640. The highest BCUT2D eigenvalue weighted by Crippen LogP contribution is 2.32. The molecule has 0 atom stereocenters. The summed E-state index contributed by atoms with van der Waals surface area (Å²) >= 11 is 1.47. The van der Waals surface area contributed by atoms with Crippen molar-refractivity contribution >= 4 is 45.4 Å². The average molecular weight is 430 g/mol. The van der Waals surface area contributed by atoms with E-state index in [0.717, 1.165) is 42.7 Å². The zero-order valence-corrected chi connectivity index (χ0v) is 18.1. The average Bonchev–Trinajstić information content (AvgIpc) is 3.19. The molecule has 3 aromatic rings. The number of fused-ring (bicyclic) bond motifs is 1. The van der Waals surface area contributed by atoms with Crippen molar-refractivity contribution < 1.29 is 9.53 Å². The third-order valence-electron chi connectivity index (χ3n) is 5.68. The van der Waals surface area contributed by atoms with Crippen LogP contribution in [0.1, 0.15) is 5.56 Å². The van der Waals surface area contributed by atoms with Gasteiger partial charge in [-0.1, -0.05) is 48.5 Å². The molecular weight excluding hydrogens is 406 g/mol. The summed E-state index contributed by atoms with van der Waals surface area (Å²) in [5, 5.41) is 3.35. The molecule has 2 heterocycles. The molecule has 0 aliphatic carbocycles. The molecule has 0 radical (unpaired) electrons. The van der Waals surface area contributed by atoms with Gasteiger partial charge in [-0.15, -0.1) is 0 Å². The van der Waals surface area contributed by atoms with Crippen LogP contribution in [0.3, 0.4) is 0 Å². The summed E-state index contributed by atoms with van der Waals surface area (Å²) < 4.78 is 5.19. The Bertz CT molecular complexity index is 1170. The zero-order valence-electron chi connectivity index (χ0n) is 17.3. The Morgan fingerprint density at radius 1 is 0.903 bits per heavy atom. The lowest BCUT2D eigenvalue weighted by molar-refractivity contribution is -0.113. The lowest BCUT2D eigenvalue weighted by atomic mass is 10.1. The number of ether oxygens (including phenoxy) is 1. The summed E-state index contributed by atoms with van der Waals surface area (Å²) in [5.41, 5.74) is 2.24. The van der Waals surface area contributed by atoms with E-state index < -0.39 is 0 Å². The van der Waals surface area contributed by atoms with Gasteiger partial charge in [-0.2, -0.15) is 4.99 Å². The summed E-state index contributed by atoms with van der Waals surface area (Å²) in [6.45, 7) is 3.49. The van der Waals surface area contributed by atoms with E-state index in [4.69, 9.17) is 4.74 Å². The van der Waals surface area contributed by atoms with Crippen molar-refractivity contribution in [2.75, 3.05) is 38.2 Å². The molecule has 0 unspecified atom stereocenters. The van der Waals surface area contributed by atoms with Crippen molar-refractivity contribution in [1.82, 2.24) is 4.90 Å². The van der Waals surface area contributed by atoms with Crippen molar-refractivity contribution in [1.29, 1.82) is 0 Å². The highest BCUT2D eigenvalue weighted by Gasteiger charge is 2.28. The predicted octanol–water partition coefficient (Wildman–Crippen LogP) is 4.64. The molecule has 156 valence electrons. The topological polar surface area (TPSA) is 45.1 Å². The monoisotopic (exact) mass is 429 g/mol. The number of amidine groups is 1. The number of carbonyl (C=O) groups is 1. The number of hydrogen-bond donors (Lipinski definition) is 0. The molecule has 1 amide bonds. The van der Waals surface area contributed by atoms with Gasteiger partial charge in [0.15, 0.2) is 5.17 Å². The van der Waals surface area contributed by atoms with E-state index in [2.05, 4.69) is 57.3 Å². The van der Waals surface area contributed by atoms with Crippen molar-refractivity contribution in [2.45, 2.75) is 0 Å². The highest BCUT2D eigenvalue weighted by molar-refractivity contribution is 8.18. The van der Waals surface area contributed by atoms with Gasteiger partial charge in [0.25, 0.3) is 5.91 Å². The number of rotatable bonds is 3. The molecule has 6 heteroatoms. The van der Waals surface area contributed by atoms with Gasteiger partial charge < -0.3 is 14.5 Å². The second kappa shape index (κ2) is 8.47. The van der Waals surface area contributed by atoms with Gasteiger partial charge in [0.2, 0.25) is 0 Å². The normalized spacial score (nSPS) is 18.0. The molecule has 0 bridgehead atoms. The molecule has 0 aromatic heterocycles. The Kier molecular flexibility index (Phi) is 5.38. The van der Waals surface area contributed by atoms with Crippen LogP contribution in [-0.4, -0.2) is 49.3 Å². The van der Waals surface area contributed by atoms with Crippen LogP contribution in [0.25, 0.3) is 16.8 Å². The lowest BCUT2D eigenvalue weighted by Crippen LogP contribution is -2.47. The second-order valence-electron chi connectivity index (χ2n) is 7.56. The van der Waals surface area contributed by atoms with E-state index in [0.29, 0.717) is 4.91 Å². The number of hydrogen-bond acceptors (Lipinski definition) is 5. The molecule has 1 fully saturated rings. The molecule has 3 aromatic carbocycles. The molecule has 2 aliphatic rings. The van der Waals surface area contributed by atoms with E-state index in [-0.39, 0.29) is 5.91 Å². The van der Waals surface area contributed by atoms with Crippen LogP contribution in [0.15, 0.2) is 76.6 Å². The van der Waals surface area contributed by atoms with Crippen LogP contribution >= 0.6 is 11.8 Å². The third kappa shape index (κ3) is 4.03. The first-order valence-electron chi connectivity index (χ1n) is 10.4. The van der Waals surface area contributed by atoms with E-state index in [1.54, 1.807) is 7.11 Å². The summed E-state index contributed by atoms with van der Waals surface area (Å²) in [4.78, 5) is 22.1. The fourth-order valence-corrected chi connectivity index (χ4v) is 4.97. The first kappa shape index (κ1) is 19.7. The number of benzene rings is 3. The number of amides is 1. The Hall–Kier alpha value is -3.25. The second-order valence-corrected chi connectivity index (χ2v) is 8.56. The van der Waals surface area contributed by atoms with Crippen LogP contribution in [0, 0.1) is 0 Å². The minimum Gasteiger partial charge on any atom is -0.497 e. The molecular formula is C25H23N3O2S. The molecule has 5 nitrogen and oxygen atoms in total. The molecule has 0 N–H and O–H groups in total. The molecule has 2 aliphatic heterocycles. The van der Waals surface area contributed by atoms with Gasteiger partial charge >= 0.3 is 0 Å². The van der Waals surface area contributed by atoms with Crippen LogP contribution in [0.4, 0.5) is 5.69 Å². The van der Waals surface area contributed by atoms with Gasteiger partial charge in [-0.25, -0.2) is 0 Å². The molecule has 0 saturated carbocycles. The Labute approximate surface area is 186 Å². The van der Waals surface area contributed by atoms with Crippen molar-refractivity contribution in [3.05, 3.63) is 77.2 Å². The quantitative estimate of drug-likeness (QED) is 0.568. The SMILES string of the molecule is COc1ccc(C=C2SC(N3CCN(c4cccc5ccccc45)CC3)=NC2=O)cc1. The van der Waals surface area contributed by atoms with Crippen molar-refractivity contribution in [2.24, 2.45) is 4.99 Å². The molecule has 31 heavy (non-hydrogen) atoms. The van der Waals surface area contributed by atoms with E-state index in [1.807, 2.05) is 30.3 Å². The number of aliphatic imine (C=N–C) groups is 1. The Morgan fingerprint density at radius 3 is 2.39 bits per heavy atom. The fourth-order valence-electron chi connectivity index (χ4n) is 4.01. The number of carbonyl (C=O) groups excluding carboxylic acids is 1. The largest absolute Gasteiger partial charge is 0.497 e. The van der Waals surface area contributed by atoms with E-state index in [9.17, 15) is 4.79 Å². The van der Waals surface area contributed by atoms with Gasteiger partial charge in [0, 0.05) is 37.3 Å². The van der Waals surface area contributed by atoms with Gasteiger partial charge in [-0.3, -0.25) is 4.79 Å². The highest BCUT2D eigenvalue weighted by atomic mass is 32.2. The number of piperazine rings is 1. The predicted molar refractivity (Wildman–Crippen MR) is 129 cm³/mol. The minimum atomic E-state index is -0.160. The van der Waals surface area contributed by atoms with Crippen molar-refractivity contribution in [3.8, 4) is 5.75 Å². The number of nitrogens with zero attached hydrogens (tertiary/aromatic N) is 3. The van der Waals surface area contributed by atoms with Gasteiger partial charge in [0.1, 0.15) is 5.75 Å². The summed E-state index contributed by atoms with van der Waals surface area (Å²) in [6, 6.07) is 22.7. The summed E-state index contributed by atoms with van der Waals surface area (Å²) in [7, 11) is 1.64. The summed E-state index contributed by atoms with van der Waals surface area (Å²) in [6.07, 6.45) is 1.90. The minimum absolute atomic E-state index is 0.160. The van der Waals surface area contributed by atoms with Gasteiger partial charge in [0.05, 0.1) is 12.0 Å². The number of thioether (sulfide) groups is 1. The van der Waals surface area contributed by atoms with Gasteiger partial charge in [-0.05, 0) is 47.0 Å². The standard InChI is InChI=1S/C25H23N3O2S/c1-30-20-11-9-18(10-12-20)17-23-24(29)26-25(31-23)28-15-13-27(14-16-28)22-8-4-6-19-5-2-3-7-21(19)22/h2-12,17H,13-16H2,1H3. The maximum atomic E-state index is 12.4. The number of anilines is 1. The van der Waals surface area contributed by atoms with Crippen molar-refractivity contribution in [3.63, 3.8) is 0 Å². The van der Waals surface area contributed by atoms with Crippen LogP contribution in [0.2, 0.25) is 0 Å². The van der Waals surface area contributed by atoms with Crippen LogP contribution < -0.4 is 9.64 Å². The zero-order chi connectivity index (χ0) is 21.2. The fraction of sp³-hybridized carbons (Fsp3) is 0.200. The molecule has 1 saturated heterocycles.